The van der Waals surface area contributed by atoms with Gasteiger partial charge in [0, 0.05) is 10.8 Å². The van der Waals surface area contributed by atoms with E-state index in [1.165, 1.54) is 51.4 Å². The fourth-order valence-electron chi connectivity index (χ4n) is 4.81. The molecule has 0 bridgehead atoms. The summed E-state index contributed by atoms with van der Waals surface area (Å²) < 4.78 is 41.8. The summed E-state index contributed by atoms with van der Waals surface area (Å²) in [6, 6.07) is 10.3. The van der Waals surface area contributed by atoms with Crippen LogP contribution in [0, 0.1) is 11.6 Å². The normalized spacial score (nSPS) is 11.4. The Morgan fingerprint density at radius 3 is 1.19 bits per heavy atom. The molecule has 0 amide bonds. The van der Waals surface area contributed by atoms with Gasteiger partial charge in [-0.05, 0) is 47.9 Å². The summed E-state index contributed by atoms with van der Waals surface area (Å²) in [6.45, 7) is 5.42. The smallest absolute Gasteiger partial charge is 0.172 e. The van der Waals surface area contributed by atoms with Crippen molar-refractivity contribution < 1.29 is 18.3 Å². The van der Waals surface area contributed by atoms with Crippen LogP contribution in [-0.4, -0.2) is 13.2 Å². The molecule has 198 valence electrons. The first-order chi connectivity index (χ1) is 17.7. The molecule has 0 aliphatic heterocycles. The van der Waals surface area contributed by atoms with Crippen LogP contribution in [0.3, 0.4) is 0 Å². The molecule has 0 saturated carbocycles. The van der Waals surface area contributed by atoms with Crippen molar-refractivity contribution in [2.24, 2.45) is 0 Å². The first-order valence-electron chi connectivity index (χ1n) is 14.3. The summed E-state index contributed by atoms with van der Waals surface area (Å²) in [7, 11) is 0. The quantitative estimate of drug-likeness (QED) is 0.128. The van der Waals surface area contributed by atoms with E-state index in [1.807, 2.05) is 12.1 Å². The van der Waals surface area contributed by atoms with Crippen LogP contribution < -0.4 is 9.47 Å². The largest absolute Gasteiger partial charge is 0.490 e. The van der Waals surface area contributed by atoms with Gasteiger partial charge >= 0.3 is 0 Å². The van der Waals surface area contributed by atoms with Gasteiger partial charge in [0.2, 0.25) is 0 Å². The lowest BCUT2D eigenvalue weighted by Gasteiger charge is -2.13. The molecule has 0 radical (unpaired) electrons. The Morgan fingerprint density at radius 1 is 0.444 bits per heavy atom. The van der Waals surface area contributed by atoms with Crippen molar-refractivity contribution in [3.8, 4) is 11.5 Å². The van der Waals surface area contributed by atoms with E-state index in [9.17, 15) is 0 Å². The van der Waals surface area contributed by atoms with E-state index in [2.05, 4.69) is 13.8 Å². The van der Waals surface area contributed by atoms with Crippen LogP contribution in [0.4, 0.5) is 8.78 Å². The number of rotatable bonds is 18. The van der Waals surface area contributed by atoms with E-state index in [0.717, 1.165) is 38.5 Å². The molecule has 0 spiro atoms. The van der Waals surface area contributed by atoms with Crippen molar-refractivity contribution in [2.75, 3.05) is 13.2 Å². The second-order valence-corrected chi connectivity index (χ2v) is 9.95. The molecular formula is C32H44F2O2. The number of hydrogen-bond acceptors (Lipinski definition) is 2. The molecule has 0 aromatic heterocycles. The molecule has 2 nitrogen and oxygen atoms in total. The fourth-order valence-corrected chi connectivity index (χ4v) is 4.81. The van der Waals surface area contributed by atoms with E-state index in [-0.39, 0.29) is 23.1 Å². The second-order valence-electron chi connectivity index (χ2n) is 9.95. The highest BCUT2D eigenvalue weighted by atomic mass is 19.1. The van der Waals surface area contributed by atoms with Crippen molar-refractivity contribution >= 4 is 21.5 Å². The van der Waals surface area contributed by atoms with Crippen molar-refractivity contribution in [2.45, 2.75) is 104 Å². The maximum Gasteiger partial charge on any atom is 0.172 e. The zero-order valence-corrected chi connectivity index (χ0v) is 22.4. The zero-order valence-electron chi connectivity index (χ0n) is 22.4. The Hall–Kier alpha value is -2.36. The van der Waals surface area contributed by atoms with Gasteiger partial charge in [0.1, 0.15) is 0 Å². The minimum Gasteiger partial charge on any atom is -0.490 e. The van der Waals surface area contributed by atoms with Gasteiger partial charge in [-0.2, -0.15) is 0 Å². The van der Waals surface area contributed by atoms with Gasteiger partial charge in [-0.15, -0.1) is 0 Å². The van der Waals surface area contributed by atoms with Gasteiger partial charge in [-0.1, -0.05) is 103 Å². The molecule has 0 aliphatic carbocycles. The summed E-state index contributed by atoms with van der Waals surface area (Å²) in [6.07, 6.45) is 16.8. The molecule has 0 heterocycles. The van der Waals surface area contributed by atoms with E-state index in [4.69, 9.17) is 9.47 Å². The predicted octanol–water partition coefficient (Wildman–Crippen LogP) is 10.5. The lowest BCUT2D eigenvalue weighted by molar-refractivity contribution is 0.291. The van der Waals surface area contributed by atoms with Crippen molar-refractivity contribution in [3.63, 3.8) is 0 Å². The van der Waals surface area contributed by atoms with E-state index in [0.29, 0.717) is 34.8 Å². The van der Waals surface area contributed by atoms with Gasteiger partial charge in [-0.3, -0.25) is 0 Å². The molecule has 0 fully saturated rings. The van der Waals surface area contributed by atoms with E-state index in [1.54, 1.807) is 24.3 Å². The highest BCUT2D eigenvalue weighted by Crippen LogP contribution is 2.35. The number of halogens is 2. The first kappa shape index (κ1) is 28.2. The average Bonchev–Trinajstić information content (AvgIpc) is 2.89. The maximum absolute atomic E-state index is 15.2. The van der Waals surface area contributed by atoms with Crippen LogP contribution in [0.25, 0.3) is 21.5 Å². The minimum atomic E-state index is -0.383. The minimum absolute atomic E-state index is 0.260. The highest BCUT2D eigenvalue weighted by molar-refractivity contribution is 6.08. The molecule has 3 aromatic carbocycles. The standard InChI is InChI=1S/C32H44F2O2/c1-3-5-7-9-10-11-12-13-14-16-24-36-30-22-20-26-25-19-21-29(35-23-15-8-6-4-2)31(33)27(25)17-18-28(26)32(30)34/h17-22H,3-16,23-24H2,1-2H3. The summed E-state index contributed by atoms with van der Waals surface area (Å²) in [5.41, 5.74) is 0. The molecule has 3 rings (SSSR count). The van der Waals surface area contributed by atoms with Gasteiger partial charge < -0.3 is 9.47 Å². The molecule has 0 aliphatic rings. The summed E-state index contributed by atoms with van der Waals surface area (Å²) in [4.78, 5) is 0. The van der Waals surface area contributed by atoms with Gasteiger partial charge in [0.15, 0.2) is 23.1 Å². The number of fused-ring (bicyclic) bond motifs is 3. The Kier molecular flexibility index (Phi) is 12.3. The van der Waals surface area contributed by atoms with Crippen LogP contribution >= 0.6 is 0 Å². The van der Waals surface area contributed by atoms with Gasteiger partial charge in [0.05, 0.1) is 13.2 Å². The van der Waals surface area contributed by atoms with Crippen LogP contribution in [0.15, 0.2) is 36.4 Å². The van der Waals surface area contributed by atoms with Gasteiger partial charge in [-0.25, -0.2) is 8.78 Å². The molecule has 0 atom stereocenters. The number of benzene rings is 3. The lowest BCUT2D eigenvalue weighted by Crippen LogP contribution is -2.01. The van der Waals surface area contributed by atoms with Gasteiger partial charge in [0.25, 0.3) is 0 Å². The van der Waals surface area contributed by atoms with Crippen molar-refractivity contribution in [1.82, 2.24) is 0 Å². The van der Waals surface area contributed by atoms with Crippen LogP contribution in [0.1, 0.15) is 104 Å². The average molecular weight is 499 g/mol. The second kappa shape index (κ2) is 15.7. The molecule has 4 heteroatoms. The molecule has 0 saturated heterocycles. The zero-order chi connectivity index (χ0) is 25.6. The summed E-state index contributed by atoms with van der Waals surface area (Å²) >= 11 is 0. The Balaban J connectivity index is 1.52. The maximum atomic E-state index is 15.2. The van der Waals surface area contributed by atoms with Crippen LogP contribution in [0.2, 0.25) is 0 Å². The topological polar surface area (TPSA) is 18.5 Å². The Bertz CT molecular complexity index is 1060. The lowest BCUT2D eigenvalue weighted by atomic mass is 10.0. The molecule has 36 heavy (non-hydrogen) atoms. The molecule has 3 aromatic rings. The third kappa shape index (κ3) is 8.08. The van der Waals surface area contributed by atoms with E-state index >= 15 is 8.78 Å². The molecular weight excluding hydrogens is 454 g/mol. The SMILES string of the molecule is CCCCCCCCCCCCOc1ccc2c(ccc3c(F)c(OCCCCCC)ccc32)c1F. The fraction of sp³-hybridized carbons (Fsp3) is 0.562. The van der Waals surface area contributed by atoms with Crippen molar-refractivity contribution in [3.05, 3.63) is 48.0 Å². The predicted molar refractivity (Wildman–Crippen MR) is 148 cm³/mol. The van der Waals surface area contributed by atoms with Crippen LogP contribution in [-0.2, 0) is 0 Å². The van der Waals surface area contributed by atoms with Crippen molar-refractivity contribution in [1.29, 1.82) is 0 Å². The molecule has 0 N–H and O–H groups in total. The third-order valence-electron chi connectivity index (χ3n) is 7.01. The number of unbranched alkanes of at least 4 members (excludes halogenated alkanes) is 12. The first-order valence-corrected chi connectivity index (χ1v) is 14.3. The monoisotopic (exact) mass is 498 g/mol. The highest BCUT2D eigenvalue weighted by Gasteiger charge is 2.15. The number of hydrogen-bond donors (Lipinski definition) is 0. The Labute approximate surface area is 216 Å². The number of ether oxygens (including phenoxy) is 2. The molecule has 0 unspecified atom stereocenters. The Morgan fingerprint density at radius 2 is 0.778 bits per heavy atom. The van der Waals surface area contributed by atoms with E-state index < -0.39 is 0 Å². The third-order valence-corrected chi connectivity index (χ3v) is 7.01. The summed E-state index contributed by atoms with van der Waals surface area (Å²) in [5, 5.41) is 2.27. The van der Waals surface area contributed by atoms with Crippen LogP contribution in [0.5, 0.6) is 11.5 Å². The summed E-state index contributed by atoms with van der Waals surface area (Å²) in [5.74, 6) is -0.231.